The fraction of sp³-hybridized carbons (Fsp3) is 0.538. The van der Waals surface area contributed by atoms with Crippen molar-refractivity contribution in [2.24, 2.45) is 0 Å². The van der Waals surface area contributed by atoms with Crippen LogP contribution in [0.3, 0.4) is 0 Å². The van der Waals surface area contributed by atoms with Gasteiger partial charge in [-0.3, -0.25) is 10.1 Å². The first kappa shape index (κ1) is 13.6. The van der Waals surface area contributed by atoms with Gasteiger partial charge in [0.05, 0.1) is 12.0 Å². The number of nitro benzene ring substituents is 1. The zero-order chi connectivity index (χ0) is 13.7. The molecule has 0 spiro atoms. The van der Waals surface area contributed by atoms with E-state index < -0.39 is 4.92 Å². The predicted molar refractivity (Wildman–Crippen MR) is 71.7 cm³/mol. The number of rotatable bonds is 4. The molecule has 0 bridgehead atoms. The first-order valence-electron chi connectivity index (χ1n) is 6.37. The zero-order valence-electron chi connectivity index (χ0n) is 10.9. The van der Waals surface area contributed by atoms with Crippen molar-refractivity contribution in [2.75, 3.05) is 25.6 Å². The highest BCUT2D eigenvalue weighted by Gasteiger charge is 2.17. The number of methoxy groups -OCH3 is 1. The molecule has 1 unspecified atom stereocenters. The summed E-state index contributed by atoms with van der Waals surface area (Å²) in [6.07, 6.45) is 2.94. The topological polar surface area (TPSA) is 73.6 Å². The molecule has 104 valence electrons. The van der Waals surface area contributed by atoms with Crippen molar-refractivity contribution in [2.45, 2.75) is 25.3 Å². The Labute approximate surface area is 111 Å². The summed E-state index contributed by atoms with van der Waals surface area (Å²) in [5, 5.41) is 14.3. The van der Waals surface area contributed by atoms with Crippen LogP contribution in [0, 0.1) is 10.1 Å². The fourth-order valence-corrected chi connectivity index (χ4v) is 2.21. The molecule has 0 amide bonds. The summed E-state index contributed by atoms with van der Waals surface area (Å²) in [4.78, 5) is 10.5. The van der Waals surface area contributed by atoms with E-state index in [9.17, 15) is 10.1 Å². The molecule has 1 aliphatic heterocycles. The van der Waals surface area contributed by atoms with Crippen LogP contribution in [-0.2, 0) is 4.74 Å². The molecule has 1 fully saturated rings. The Morgan fingerprint density at radius 3 is 3.00 bits per heavy atom. The normalized spacial score (nSPS) is 19.5. The zero-order valence-corrected chi connectivity index (χ0v) is 10.9. The fourth-order valence-electron chi connectivity index (χ4n) is 2.21. The lowest BCUT2D eigenvalue weighted by Gasteiger charge is -2.17. The third-order valence-electron chi connectivity index (χ3n) is 3.20. The number of nitrogens with one attached hydrogen (secondary N) is 1. The average Bonchev–Trinajstić information content (AvgIpc) is 2.67. The molecule has 1 atom stereocenters. The van der Waals surface area contributed by atoms with Gasteiger partial charge in [-0.25, -0.2) is 0 Å². The minimum absolute atomic E-state index is 0.0163. The summed E-state index contributed by atoms with van der Waals surface area (Å²) < 4.78 is 10.4. The lowest BCUT2D eigenvalue weighted by molar-refractivity contribution is -0.385. The second-order valence-corrected chi connectivity index (χ2v) is 4.53. The van der Waals surface area contributed by atoms with Crippen LogP contribution in [0.4, 0.5) is 11.4 Å². The number of benzene rings is 1. The van der Waals surface area contributed by atoms with Gasteiger partial charge in [-0.05, 0) is 31.4 Å². The average molecular weight is 266 g/mol. The Bertz CT molecular complexity index is 442. The summed E-state index contributed by atoms with van der Waals surface area (Å²) in [5.74, 6) is 0.278. The van der Waals surface area contributed by atoms with Gasteiger partial charge in [-0.15, -0.1) is 0 Å². The second-order valence-electron chi connectivity index (χ2n) is 4.53. The van der Waals surface area contributed by atoms with Crippen LogP contribution >= 0.6 is 0 Å². The summed E-state index contributed by atoms with van der Waals surface area (Å²) in [7, 11) is 1.43. The molecule has 0 saturated carbocycles. The van der Waals surface area contributed by atoms with Crippen LogP contribution < -0.4 is 10.1 Å². The summed E-state index contributed by atoms with van der Waals surface area (Å²) in [5.41, 5.74) is 0.733. The maximum Gasteiger partial charge on any atom is 0.312 e. The first-order chi connectivity index (χ1) is 9.20. The van der Waals surface area contributed by atoms with Gasteiger partial charge >= 0.3 is 5.69 Å². The molecule has 0 aliphatic carbocycles. The van der Waals surface area contributed by atoms with Crippen molar-refractivity contribution in [1.82, 2.24) is 0 Å². The van der Waals surface area contributed by atoms with Crippen molar-refractivity contribution >= 4 is 11.4 Å². The number of anilines is 1. The molecule has 1 aromatic rings. The van der Waals surface area contributed by atoms with E-state index in [4.69, 9.17) is 9.47 Å². The molecule has 6 heteroatoms. The predicted octanol–water partition coefficient (Wildman–Crippen LogP) is 2.58. The van der Waals surface area contributed by atoms with Crippen LogP contribution in [0.5, 0.6) is 5.75 Å². The quantitative estimate of drug-likeness (QED) is 0.669. The van der Waals surface area contributed by atoms with Crippen LogP contribution in [0.25, 0.3) is 0 Å². The van der Waals surface area contributed by atoms with Gasteiger partial charge in [0, 0.05) is 31.0 Å². The smallest absolute Gasteiger partial charge is 0.312 e. The van der Waals surface area contributed by atoms with Gasteiger partial charge in [-0.2, -0.15) is 0 Å². The molecule has 1 aromatic carbocycles. The monoisotopic (exact) mass is 266 g/mol. The Hall–Kier alpha value is -1.82. The number of nitrogens with zero attached hydrogens (tertiary/aromatic N) is 1. The van der Waals surface area contributed by atoms with E-state index in [0.717, 1.165) is 38.2 Å². The molecule has 19 heavy (non-hydrogen) atoms. The lowest BCUT2D eigenvalue weighted by atomic mass is 10.1. The van der Waals surface area contributed by atoms with E-state index in [-0.39, 0.29) is 11.4 Å². The van der Waals surface area contributed by atoms with Crippen molar-refractivity contribution in [3.63, 3.8) is 0 Å². The summed E-state index contributed by atoms with van der Waals surface area (Å²) in [6, 6.07) is 5.24. The highest BCUT2D eigenvalue weighted by Crippen LogP contribution is 2.30. The van der Waals surface area contributed by atoms with E-state index in [2.05, 4.69) is 5.32 Å². The van der Waals surface area contributed by atoms with E-state index >= 15 is 0 Å². The van der Waals surface area contributed by atoms with E-state index in [1.807, 2.05) is 0 Å². The van der Waals surface area contributed by atoms with Gasteiger partial charge in [0.25, 0.3) is 0 Å². The van der Waals surface area contributed by atoms with Crippen LogP contribution in [0.15, 0.2) is 18.2 Å². The molecular weight excluding hydrogens is 248 g/mol. The highest BCUT2D eigenvalue weighted by molar-refractivity contribution is 5.58. The number of nitro groups is 1. The second kappa shape index (κ2) is 6.38. The largest absolute Gasteiger partial charge is 0.490 e. The molecule has 1 heterocycles. The maximum atomic E-state index is 11.0. The molecule has 2 rings (SSSR count). The van der Waals surface area contributed by atoms with Gasteiger partial charge in [0.2, 0.25) is 0 Å². The molecule has 1 saturated heterocycles. The van der Waals surface area contributed by atoms with Gasteiger partial charge < -0.3 is 14.8 Å². The van der Waals surface area contributed by atoms with Gasteiger partial charge in [-0.1, -0.05) is 0 Å². The van der Waals surface area contributed by atoms with Crippen LogP contribution in [-0.4, -0.2) is 31.3 Å². The Kier molecular flexibility index (Phi) is 4.57. The van der Waals surface area contributed by atoms with Crippen LogP contribution in [0.2, 0.25) is 0 Å². The van der Waals surface area contributed by atoms with Crippen molar-refractivity contribution in [1.29, 1.82) is 0 Å². The SMILES string of the molecule is COc1ccc(NC2CCCOCC2)cc1[N+](=O)[O-]. The van der Waals surface area contributed by atoms with Crippen molar-refractivity contribution < 1.29 is 14.4 Å². The minimum atomic E-state index is -0.430. The van der Waals surface area contributed by atoms with Crippen molar-refractivity contribution in [3.8, 4) is 5.75 Å². The minimum Gasteiger partial charge on any atom is -0.490 e. The number of ether oxygens (including phenoxy) is 2. The third-order valence-corrected chi connectivity index (χ3v) is 3.20. The molecule has 1 N–H and O–H groups in total. The highest BCUT2D eigenvalue weighted by atomic mass is 16.6. The van der Waals surface area contributed by atoms with Crippen molar-refractivity contribution in [3.05, 3.63) is 28.3 Å². The molecule has 0 aromatic heterocycles. The summed E-state index contributed by atoms with van der Waals surface area (Å²) >= 11 is 0. The Morgan fingerprint density at radius 1 is 1.42 bits per heavy atom. The molecule has 1 aliphatic rings. The van der Waals surface area contributed by atoms with Crippen LogP contribution in [0.1, 0.15) is 19.3 Å². The number of hydrogen-bond donors (Lipinski definition) is 1. The third kappa shape index (κ3) is 3.57. The van der Waals surface area contributed by atoms with E-state index in [0.29, 0.717) is 6.04 Å². The van der Waals surface area contributed by atoms with E-state index in [1.54, 1.807) is 12.1 Å². The maximum absolute atomic E-state index is 11.0. The number of hydrogen-bond acceptors (Lipinski definition) is 5. The summed E-state index contributed by atoms with van der Waals surface area (Å²) in [6.45, 7) is 1.52. The molecular formula is C13H18N2O4. The molecule has 0 radical (unpaired) electrons. The Morgan fingerprint density at radius 2 is 2.26 bits per heavy atom. The standard InChI is InChI=1S/C13H18N2O4/c1-18-13-5-4-11(9-12(13)15(16)17)14-10-3-2-7-19-8-6-10/h4-5,9-10,14H,2-3,6-8H2,1H3. The molecule has 6 nitrogen and oxygen atoms in total. The first-order valence-corrected chi connectivity index (χ1v) is 6.37. The van der Waals surface area contributed by atoms with Gasteiger partial charge in [0.15, 0.2) is 5.75 Å². The van der Waals surface area contributed by atoms with E-state index in [1.165, 1.54) is 13.2 Å². The van der Waals surface area contributed by atoms with Gasteiger partial charge in [0.1, 0.15) is 0 Å². The lowest BCUT2D eigenvalue weighted by Crippen LogP contribution is -2.19. The Balaban J connectivity index is 2.11.